The minimum absolute atomic E-state index is 0.0233. The fraction of sp³-hybridized carbons (Fsp3) is 0.143. The molecule has 0 fully saturated rings. The normalized spacial score (nSPS) is 12.2. The smallest absolute Gasteiger partial charge is 0.381 e. The Morgan fingerprint density at radius 1 is 1.12 bits per heavy atom. The van der Waals surface area contributed by atoms with Gasteiger partial charge in [0.2, 0.25) is 10.0 Å². The summed E-state index contributed by atoms with van der Waals surface area (Å²) in [5.41, 5.74) is -0.812. The first-order valence-electron chi connectivity index (χ1n) is 6.40. The zero-order valence-corrected chi connectivity index (χ0v) is 13.4. The van der Waals surface area contributed by atoms with Gasteiger partial charge in [-0.2, -0.15) is 13.2 Å². The van der Waals surface area contributed by atoms with E-state index in [1.54, 1.807) is 0 Å². The van der Waals surface area contributed by atoms with Gasteiger partial charge in [-0.15, -0.1) is 0 Å². The number of halogens is 5. The fourth-order valence-electron chi connectivity index (χ4n) is 1.96. The molecule has 0 aliphatic rings. The average molecular weight is 383 g/mol. The van der Waals surface area contributed by atoms with Gasteiger partial charge in [0, 0.05) is 12.2 Å². The number of primary sulfonamides is 1. The maximum Gasteiger partial charge on any atom is 0.417 e. The van der Waals surface area contributed by atoms with E-state index in [1.807, 2.05) is 0 Å². The van der Waals surface area contributed by atoms with Crippen LogP contribution in [0.15, 0.2) is 41.3 Å². The molecule has 0 aliphatic carbocycles. The maximum absolute atomic E-state index is 13.1. The molecule has 3 N–H and O–H groups in total. The summed E-state index contributed by atoms with van der Waals surface area (Å²) < 4.78 is 74.6. The molecule has 0 radical (unpaired) electrons. The molecule has 2 aromatic rings. The van der Waals surface area contributed by atoms with Crippen molar-refractivity contribution in [3.05, 3.63) is 58.4 Å². The first-order valence-corrected chi connectivity index (χ1v) is 8.33. The van der Waals surface area contributed by atoms with Gasteiger partial charge in [-0.1, -0.05) is 17.7 Å². The van der Waals surface area contributed by atoms with Gasteiger partial charge in [-0.25, -0.2) is 17.9 Å². The van der Waals surface area contributed by atoms with Gasteiger partial charge in [0.1, 0.15) is 5.82 Å². The third-order valence-corrected chi connectivity index (χ3v) is 4.33. The van der Waals surface area contributed by atoms with Crippen LogP contribution in [0.4, 0.5) is 23.2 Å². The van der Waals surface area contributed by atoms with E-state index in [2.05, 4.69) is 5.32 Å². The zero-order valence-electron chi connectivity index (χ0n) is 11.9. The largest absolute Gasteiger partial charge is 0.417 e. The van der Waals surface area contributed by atoms with Crippen molar-refractivity contribution in [2.75, 3.05) is 5.32 Å². The number of hydrogen-bond acceptors (Lipinski definition) is 3. The van der Waals surface area contributed by atoms with Crippen LogP contribution in [-0.2, 0) is 22.7 Å². The predicted octanol–water partition coefficient (Wildman–Crippen LogP) is 3.76. The molecule has 2 aromatic carbocycles. The lowest BCUT2D eigenvalue weighted by Crippen LogP contribution is -2.19. The number of nitrogens with two attached hydrogens (primary N) is 1. The number of sulfonamides is 1. The SMILES string of the molecule is NS(=O)(=O)c1ccc(NCc2ccc(F)c(Cl)c2)cc1C(F)(F)F. The zero-order chi connectivity index (χ0) is 18.1. The standard InChI is InChI=1S/C14H11ClF4N2O2S/c15-11-5-8(1-3-12(11)16)7-21-9-2-4-13(24(20,22)23)10(6-9)14(17,18)19/h1-6,21H,7H2,(H2,20,22,23). The predicted molar refractivity (Wildman–Crippen MR) is 81.6 cm³/mol. The molecule has 0 aliphatic heterocycles. The van der Waals surface area contributed by atoms with E-state index < -0.39 is 32.5 Å². The maximum atomic E-state index is 13.1. The second-order valence-corrected chi connectivity index (χ2v) is 6.79. The summed E-state index contributed by atoms with van der Waals surface area (Å²) in [6.45, 7) is 0.0615. The van der Waals surface area contributed by atoms with Crippen molar-refractivity contribution in [1.29, 1.82) is 0 Å². The van der Waals surface area contributed by atoms with Crippen LogP contribution in [-0.4, -0.2) is 8.42 Å². The van der Waals surface area contributed by atoms with Crippen molar-refractivity contribution in [3.8, 4) is 0 Å². The second kappa shape index (κ2) is 6.58. The van der Waals surface area contributed by atoms with E-state index in [-0.39, 0.29) is 17.3 Å². The highest BCUT2D eigenvalue weighted by Gasteiger charge is 2.36. The lowest BCUT2D eigenvalue weighted by molar-refractivity contribution is -0.139. The van der Waals surface area contributed by atoms with Gasteiger partial charge in [0.05, 0.1) is 15.5 Å². The molecular weight excluding hydrogens is 372 g/mol. The summed E-state index contributed by atoms with van der Waals surface area (Å²) in [7, 11) is -4.52. The minimum Gasteiger partial charge on any atom is -0.381 e. The van der Waals surface area contributed by atoms with E-state index in [1.165, 1.54) is 12.1 Å². The summed E-state index contributed by atoms with van der Waals surface area (Å²) in [4.78, 5) is -1.01. The van der Waals surface area contributed by atoms with Crippen LogP contribution in [0.1, 0.15) is 11.1 Å². The highest BCUT2D eigenvalue weighted by molar-refractivity contribution is 7.89. The van der Waals surface area contributed by atoms with Crippen molar-refractivity contribution in [2.45, 2.75) is 17.6 Å². The summed E-state index contributed by atoms with van der Waals surface area (Å²) in [5, 5.41) is 7.37. The molecule has 0 spiro atoms. The second-order valence-electron chi connectivity index (χ2n) is 4.86. The van der Waals surface area contributed by atoms with E-state index >= 15 is 0 Å². The number of benzene rings is 2. The molecule has 2 rings (SSSR count). The third kappa shape index (κ3) is 4.37. The first-order chi connectivity index (χ1) is 11.0. The van der Waals surface area contributed by atoms with Crippen molar-refractivity contribution in [3.63, 3.8) is 0 Å². The number of rotatable bonds is 4. The van der Waals surface area contributed by atoms with Gasteiger partial charge in [0.25, 0.3) is 0 Å². The lowest BCUT2D eigenvalue weighted by atomic mass is 10.1. The van der Waals surface area contributed by atoms with Crippen LogP contribution in [0.5, 0.6) is 0 Å². The number of alkyl halides is 3. The van der Waals surface area contributed by atoms with Crippen LogP contribution in [0, 0.1) is 5.82 Å². The average Bonchev–Trinajstić information content (AvgIpc) is 2.46. The number of nitrogens with one attached hydrogen (secondary N) is 1. The molecule has 0 amide bonds. The fourth-order valence-corrected chi connectivity index (χ4v) is 2.91. The molecule has 130 valence electrons. The Balaban J connectivity index is 2.30. The molecule has 24 heavy (non-hydrogen) atoms. The van der Waals surface area contributed by atoms with Crippen LogP contribution in [0.3, 0.4) is 0 Å². The van der Waals surface area contributed by atoms with Crippen LogP contribution < -0.4 is 10.5 Å². The summed E-state index contributed by atoms with van der Waals surface area (Å²) in [6.07, 6.45) is -4.89. The Morgan fingerprint density at radius 3 is 2.33 bits per heavy atom. The van der Waals surface area contributed by atoms with Crippen LogP contribution in [0.25, 0.3) is 0 Å². The summed E-state index contributed by atoms with van der Waals surface area (Å²) in [6, 6.07) is 6.44. The summed E-state index contributed by atoms with van der Waals surface area (Å²) in [5.74, 6) is -0.614. The molecule has 0 atom stereocenters. The topological polar surface area (TPSA) is 72.2 Å². The van der Waals surface area contributed by atoms with Gasteiger partial charge in [-0.3, -0.25) is 0 Å². The molecule has 10 heteroatoms. The highest BCUT2D eigenvalue weighted by Crippen LogP contribution is 2.35. The van der Waals surface area contributed by atoms with Crippen molar-refractivity contribution in [1.82, 2.24) is 0 Å². The molecule has 0 heterocycles. The van der Waals surface area contributed by atoms with Gasteiger partial charge in [0.15, 0.2) is 0 Å². The van der Waals surface area contributed by atoms with E-state index in [0.29, 0.717) is 11.6 Å². The number of hydrogen-bond donors (Lipinski definition) is 2. The molecule has 0 saturated carbocycles. The Kier molecular flexibility index (Phi) is 5.07. The molecule has 4 nitrogen and oxygen atoms in total. The molecule has 0 unspecified atom stereocenters. The quantitative estimate of drug-likeness (QED) is 0.791. The Morgan fingerprint density at radius 2 is 1.79 bits per heavy atom. The first kappa shape index (κ1) is 18.5. The third-order valence-electron chi connectivity index (χ3n) is 3.07. The van der Waals surface area contributed by atoms with E-state index in [9.17, 15) is 26.0 Å². The minimum atomic E-state index is -4.89. The van der Waals surface area contributed by atoms with E-state index in [0.717, 1.165) is 18.2 Å². The Hall–Kier alpha value is -1.84. The summed E-state index contributed by atoms with van der Waals surface area (Å²) >= 11 is 5.62. The molecule has 0 saturated heterocycles. The molecule has 0 aromatic heterocycles. The molecule has 0 bridgehead atoms. The van der Waals surface area contributed by atoms with Crippen LogP contribution in [0.2, 0.25) is 5.02 Å². The molecular formula is C14H11ClF4N2O2S. The monoisotopic (exact) mass is 382 g/mol. The van der Waals surface area contributed by atoms with Crippen molar-refractivity contribution >= 4 is 27.3 Å². The Bertz CT molecular complexity index is 870. The van der Waals surface area contributed by atoms with E-state index in [4.69, 9.17) is 16.7 Å². The Labute approximate surface area is 140 Å². The van der Waals surface area contributed by atoms with Crippen LogP contribution >= 0.6 is 11.6 Å². The number of anilines is 1. The van der Waals surface area contributed by atoms with Gasteiger partial charge < -0.3 is 5.32 Å². The van der Waals surface area contributed by atoms with Crippen molar-refractivity contribution < 1.29 is 26.0 Å². The van der Waals surface area contributed by atoms with Gasteiger partial charge >= 0.3 is 6.18 Å². The highest BCUT2D eigenvalue weighted by atomic mass is 35.5. The van der Waals surface area contributed by atoms with Gasteiger partial charge in [-0.05, 0) is 35.9 Å². The lowest BCUT2D eigenvalue weighted by Gasteiger charge is -2.14. The van der Waals surface area contributed by atoms with Crippen molar-refractivity contribution in [2.24, 2.45) is 5.14 Å².